The fourth-order valence-corrected chi connectivity index (χ4v) is 3.38. The molecule has 0 bridgehead atoms. The van der Waals surface area contributed by atoms with Crippen molar-refractivity contribution < 1.29 is 27.9 Å². The van der Waals surface area contributed by atoms with Gasteiger partial charge in [-0.2, -0.15) is 0 Å². The second kappa shape index (κ2) is 7.35. The van der Waals surface area contributed by atoms with E-state index < -0.39 is 29.3 Å². The topological polar surface area (TPSA) is 57.6 Å². The molecule has 3 rings (SSSR count). The van der Waals surface area contributed by atoms with Crippen molar-refractivity contribution in [2.75, 3.05) is 17.3 Å². The Bertz CT molecular complexity index is 912. The van der Waals surface area contributed by atoms with Gasteiger partial charge in [0.1, 0.15) is 5.82 Å². The highest BCUT2D eigenvalue weighted by atomic mass is 32.2. The smallest absolute Gasteiger partial charge is 0.272 e. The minimum atomic E-state index is -1.19. The minimum Gasteiger partial charge on any atom is -0.396 e. The molecule has 1 N–H and O–H groups in total. The van der Waals surface area contributed by atoms with E-state index in [0.717, 1.165) is 47.0 Å². The Kier molecular flexibility index (Phi) is 5.15. The Morgan fingerprint density at radius 1 is 0.923 bits per heavy atom. The number of aliphatic hydroxyl groups is 1. The van der Waals surface area contributed by atoms with Crippen molar-refractivity contribution in [1.29, 1.82) is 0 Å². The van der Waals surface area contributed by atoms with Crippen LogP contribution in [0.3, 0.4) is 0 Å². The van der Waals surface area contributed by atoms with Crippen molar-refractivity contribution in [2.45, 2.75) is 0 Å². The van der Waals surface area contributed by atoms with Crippen LogP contribution in [0.1, 0.15) is 5.56 Å². The maximum atomic E-state index is 13.5. The predicted molar refractivity (Wildman–Crippen MR) is 91.7 cm³/mol. The lowest BCUT2D eigenvalue weighted by Gasteiger charge is -2.15. The van der Waals surface area contributed by atoms with Crippen LogP contribution in [0.5, 0.6) is 0 Å². The van der Waals surface area contributed by atoms with Gasteiger partial charge in [-0.25, -0.2) is 18.1 Å². The van der Waals surface area contributed by atoms with Gasteiger partial charge in [0, 0.05) is 11.8 Å². The van der Waals surface area contributed by atoms with Crippen LogP contribution in [0.2, 0.25) is 0 Å². The molecule has 0 aromatic heterocycles. The second-order valence-electron chi connectivity index (χ2n) is 5.33. The molecule has 1 aliphatic heterocycles. The lowest BCUT2D eigenvalue weighted by molar-refractivity contribution is -0.119. The summed E-state index contributed by atoms with van der Waals surface area (Å²) in [7, 11) is 0. The van der Waals surface area contributed by atoms with Gasteiger partial charge >= 0.3 is 0 Å². The van der Waals surface area contributed by atoms with Crippen LogP contribution in [0.25, 0.3) is 5.57 Å². The standard InChI is InChI=1S/C18H12F3NO3S/c19-11-3-1-10(2-4-11)15-16(26-8-7-23)18(25)22(17(15)24)12-5-6-13(20)14(21)9-12/h1-6,9,23H,7-8H2. The fourth-order valence-electron chi connectivity index (χ4n) is 2.52. The molecule has 0 unspecified atom stereocenters. The maximum Gasteiger partial charge on any atom is 0.272 e. The molecule has 2 amide bonds. The van der Waals surface area contributed by atoms with Crippen molar-refractivity contribution in [2.24, 2.45) is 0 Å². The van der Waals surface area contributed by atoms with Crippen LogP contribution in [-0.4, -0.2) is 29.3 Å². The highest BCUT2D eigenvalue weighted by Gasteiger charge is 2.40. The molecule has 0 fully saturated rings. The third-order valence-electron chi connectivity index (χ3n) is 3.67. The number of aliphatic hydroxyl groups excluding tert-OH is 1. The number of halogens is 3. The number of rotatable bonds is 5. The Balaban J connectivity index is 2.07. The van der Waals surface area contributed by atoms with Crippen LogP contribution in [0.4, 0.5) is 18.9 Å². The van der Waals surface area contributed by atoms with Crippen LogP contribution < -0.4 is 4.90 Å². The first-order chi connectivity index (χ1) is 12.4. The summed E-state index contributed by atoms with van der Waals surface area (Å²) in [5, 5.41) is 9.03. The fraction of sp³-hybridized carbons (Fsp3) is 0.111. The monoisotopic (exact) mass is 379 g/mol. The van der Waals surface area contributed by atoms with Crippen molar-refractivity contribution in [3.05, 3.63) is 70.4 Å². The number of nitrogens with zero attached hydrogens (tertiary/aromatic N) is 1. The van der Waals surface area contributed by atoms with Gasteiger partial charge < -0.3 is 5.11 Å². The van der Waals surface area contributed by atoms with E-state index >= 15 is 0 Å². The molecule has 0 aliphatic carbocycles. The molecule has 8 heteroatoms. The third-order valence-corrected chi connectivity index (χ3v) is 4.73. The lowest BCUT2D eigenvalue weighted by Crippen LogP contribution is -2.31. The largest absolute Gasteiger partial charge is 0.396 e. The second-order valence-corrected chi connectivity index (χ2v) is 6.43. The first-order valence-electron chi connectivity index (χ1n) is 7.51. The molecule has 0 atom stereocenters. The van der Waals surface area contributed by atoms with Crippen LogP contribution in [0.15, 0.2) is 47.4 Å². The van der Waals surface area contributed by atoms with Gasteiger partial charge in [0.05, 0.1) is 22.8 Å². The molecule has 0 saturated heterocycles. The first-order valence-corrected chi connectivity index (χ1v) is 8.50. The molecule has 1 aliphatic rings. The van der Waals surface area contributed by atoms with Gasteiger partial charge in [0.2, 0.25) is 0 Å². The summed E-state index contributed by atoms with van der Waals surface area (Å²) in [6, 6.07) is 7.70. The molecule has 0 spiro atoms. The predicted octanol–water partition coefficient (Wildman–Crippen LogP) is 3.11. The van der Waals surface area contributed by atoms with Crippen molar-refractivity contribution >= 4 is 34.8 Å². The van der Waals surface area contributed by atoms with Gasteiger partial charge in [-0.3, -0.25) is 9.59 Å². The lowest BCUT2D eigenvalue weighted by atomic mass is 10.1. The molecule has 26 heavy (non-hydrogen) atoms. The highest BCUT2D eigenvalue weighted by molar-refractivity contribution is 8.04. The van der Waals surface area contributed by atoms with E-state index in [9.17, 15) is 22.8 Å². The third kappa shape index (κ3) is 3.25. The Labute approximate surface area is 150 Å². The number of benzene rings is 2. The summed E-state index contributed by atoms with van der Waals surface area (Å²) in [5.74, 6) is -4.08. The molecular weight excluding hydrogens is 367 g/mol. The van der Waals surface area contributed by atoms with Gasteiger partial charge in [0.25, 0.3) is 11.8 Å². The number of hydrogen-bond acceptors (Lipinski definition) is 4. The minimum absolute atomic E-state index is 0.0261. The number of anilines is 1. The summed E-state index contributed by atoms with van der Waals surface area (Å²) in [6.45, 7) is -0.225. The molecule has 2 aromatic rings. The van der Waals surface area contributed by atoms with E-state index in [0.29, 0.717) is 5.56 Å². The SMILES string of the molecule is O=C1C(SCCO)=C(c2ccc(F)cc2)C(=O)N1c1ccc(F)c(F)c1. The van der Waals surface area contributed by atoms with E-state index in [-0.39, 0.29) is 28.5 Å². The molecule has 4 nitrogen and oxygen atoms in total. The quantitative estimate of drug-likeness (QED) is 0.811. The van der Waals surface area contributed by atoms with Crippen LogP contribution >= 0.6 is 11.8 Å². The first kappa shape index (κ1) is 18.2. The summed E-state index contributed by atoms with van der Waals surface area (Å²) in [4.78, 5) is 26.3. The zero-order valence-electron chi connectivity index (χ0n) is 13.2. The van der Waals surface area contributed by atoms with Gasteiger partial charge in [0.15, 0.2) is 11.6 Å². The van der Waals surface area contributed by atoms with E-state index in [1.165, 1.54) is 12.1 Å². The average Bonchev–Trinajstić information content (AvgIpc) is 2.86. The van der Waals surface area contributed by atoms with E-state index in [2.05, 4.69) is 0 Å². The summed E-state index contributed by atoms with van der Waals surface area (Å²) in [6.07, 6.45) is 0. The Morgan fingerprint density at radius 3 is 2.23 bits per heavy atom. The van der Waals surface area contributed by atoms with Crippen molar-refractivity contribution in [3.8, 4) is 0 Å². The Morgan fingerprint density at radius 2 is 1.62 bits per heavy atom. The van der Waals surface area contributed by atoms with E-state index in [1.54, 1.807) is 0 Å². The number of carbonyl (C=O) groups is 2. The van der Waals surface area contributed by atoms with Gasteiger partial charge in [-0.15, -0.1) is 11.8 Å². The number of amides is 2. The van der Waals surface area contributed by atoms with Gasteiger partial charge in [-0.05, 0) is 29.8 Å². The molecule has 2 aromatic carbocycles. The van der Waals surface area contributed by atoms with Crippen molar-refractivity contribution in [3.63, 3.8) is 0 Å². The summed E-state index contributed by atoms with van der Waals surface area (Å²) in [5.41, 5.74) is 0.228. The van der Waals surface area contributed by atoms with Gasteiger partial charge in [-0.1, -0.05) is 12.1 Å². The zero-order valence-corrected chi connectivity index (χ0v) is 14.0. The number of hydrogen-bond donors (Lipinski definition) is 1. The maximum absolute atomic E-state index is 13.5. The summed E-state index contributed by atoms with van der Waals surface area (Å²) < 4.78 is 39.9. The molecular formula is C18H12F3NO3S. The molecule has 134 valence electrons. The normalized spacial score (nSPS) is 14.5. The molecule has 0 saturated carbocycles. The Hall–Kier alpha value is -2.58. The average molecular weight is 379 g/mol. The van der Waals surface area contributed by atoms with E-state index in [1.807, 2.05) is 0 Å². The van der Waals surface area contributed by atoms with Crippen molar-refractivity contribution in [1.82, 2.24) is 0 Å². The van der Waals surface area contributed by atoms with Crippen LogP contribution in [-0.2, 0) is 9.59 Å². The number of carbonyl (C=O) groups excluding carboxylic acids is 2. The number of thioether (sulfide) groups is 1. The molecule has 1 heterocycles. The highest BCUT2D eigenvalue weighted by Crippen LogP contribution is 2.38. The van der Waals surface area contributed by atoms with E-state index in [4.69, 9.17) is 5.11 Å². The number of imide groups is 1. The molecule has 0 radical (unpaired) electrons. The summed E-state index contributed by atoms with van der Waals surface area (Å²) >= 11 is 0.965. The zero-order chi connectivity index (χ0) is 18.8. The van der Waals surface area contributed by atoms with Crippen LogP contribution in [0, 0.1) is 17.5 Å².